The predicted molar refractivity (Wildman–Crippen MR) is 149 cm³/mol. The van der Waals surface area contributed by atoms with Gasteiger partial charge in [0.15, 0.2) is 0 Å². The summed E-state index contributed by atoms with van der Waals surface area (Å²) in [6.07, 6.45) is 6.06. The third kappa shape index (κ3) is 4.70. The minimum absolute atomic E-state index is 0.157. The molecule has 8 nitrogen and oxygen atoms in total. The van der Waals surface area contributed by atoms with Crippen molar-refractivity contribution in [3.8, 4) is 0 Å². The van der Waals surface area contributed by atoms with Crippen molar-refractivity contribution in [3.05, 3.63) is 54.1 Å². The Labute approximate surface area is 235 Å². The first-order chi connectivity index (χ1) is 18.6. The number of anilines is 1. The number of esters is 1. The van der Waals surface area contributed by atoms with Crippen molar-refractivity contribution in [1.29, 1.82) is 0 Å². The van der Waals surface area contributed by atoms with Gasteiger partial charge in [-0.25, -0.2) is 0 Å². The van der Waals surface area contributed by atoms with Gasteiger partial charge < -0.3 is 24.4 Å². The van der Waals surface area contributed by atoms with Crippen LogP contribution in [0.1, 0.15) is 51.5 Å². The Kier molecular flexibility index (Phi) is 8.59. The van der Waals surface area contributed by atoms with Gasteiger partial charge in [0, 0.05) is 6.54 Å². The molecule has 2 bridgehead atoms. The molecule has 1 aromatic rings. The van der Waals surface area contributed by atoms with Crippen LogP contribution in [0.5, 0.6) is 0 Å². The number of carbonyl (C=O) groups is 3. The molecule has 2 amide bonds. The molecular weight excluding hydrogens is 520 g/mol. The van der Waals surface area contributed by atoms with Gasteiger partial charge in [-0.05, 0) is 57.6 Å². The lowest BCUT2D eigenvalue weighted by Crippen LogP contribution is -2.59. The summed E-state index contributed by atoms with van der Waals surface area (Å²) in [7, 11) is 0. The highest BCUT2D eigenvalue weighted by Gasteiger charge is 2.79. The van der Waals surface area contributed by atoms with Crippen molar-refractivity contribution in [1.82, 2.24) is 4.90 Å². The standard InChI is InChI=1S/C30H39ClN2O6/c1-6-9-10-17-38-28(37)23-22-26(35)33(20(8-3)18-34)25(30(22)15-14-29(23,5)39-30)27(36)32(16-7-2)24-19(4)12-11-13-21(24)31/h6-7,11-13,20,22-23,25,34H,1-2,8-10,14-18H2,3-5H3/t20-,22-,23+,25?,29-,30?/m0/s1. The zero-order valence-electron chi connectivity index (χ0n) is 23.0. The molecule has 3 saturated heterocycles. The topological polar surface area (TPSA) is 96.4 Å². The second kappa shape index (κ2) is 11.4. The third-order valence-corrected chi connectivity index (χ3v) is 8.92. The zero-order valence-corrected chi connectivity index (χ0v) is 23.8. The van der Waals surface area contributed by atoms with Crippen molar-refractivity contribution in [2.24, 2.45) is 11.8 Å². The Balaban J connectivity index is 1.80. The van der Waals surface area contributed by atoms with Gasteiger partial charge in [-0.3, -0.25) is 14.4 Å². The molecule has 3 heterocycles. The Hall–Kier alpha value is -2.68. The van der Waals surface area contributed by atoms with Gasteiger partial charge in [-0.2, -0.15) is 0 Å². The molecule has 3 aliphatic rings. The Morgan fingerprint density at radius 3 is 2.69 bits per heavy atom. The third-order valence-electron chi connectivity index (χ3n) is 8.61. The number of unbranched alkanes of at least 4 members (excludes halogenated alkanes) is 1. The van der Waals surface area contributed by atoms with Crippen LogP contribution in [0.2, 0.25) is 5.02 Å². The van der Waals surface area contributed by atoms with E-state index in [1.807, 2.05) is 32.9 Å². The highest BCUT2D eigenvalue weighted by Crippen LogP contribution is 2.64. The Bertz CT molecular complexity index is 1130. The van der Waals surface area contributed by atoms with Gasteiger partial charge in [0.25, 0.3) is 5.91 Å². The molecule has 0 radical (unpaired) electrons. The molecule has 0 saturated carbocycles. The minimum Gasteiger partial charge on any atom is -0.465 e. The first-order valence-corrected chi connectivity index (χ1v) is 14.1. The van der Waals surface area contributed by atoms with Crippen LogP contribution < -0.4 is 4.90 Å². The van der Waals surface area contributed by atoms with Crippen LogP contribution in [0.15, 0.2) is 43.5 Å². The summed E-state index contributed by atoms with van der Waals surface area (Å²) in [6, 6.07) is 3.71. The quantitative estimate of drug-likeness (QED) is 0.234. The second-order valence-electron chi connectivity index (χ2n) is 11.0. The van der Waals surface area contributed by atoms with Crippen LogP contribution in [0, 0.1) is 18.8 Å². The number of ether oxygens (including phenoxy) is 2. The number of allylic oxidation sites excluding steroid dienone is 1. The largest absolute Gasteiger partial charge is 0.465 e. The lowest BCUT2D eigenvalue weighted by atomic mass is 9.66. The van der Waals surface area contributed by atoms with Crippen LogP contribution in [0.4, 0.5) is 5.69 Å². The molecule has 3 fully saturated rings. The van der Waals surface area contributed by atoms with E-state index >= 15 is 0 Å². The maximum atomic E-state index is 14.6. The molecule has 1 spiro atoms. The molecule has 6 atom stereocenters. The number of rotatable bonds is 12. The van der Waals surface area contributed by atoms with Crippen LogP contribution >= 0.6 is 11.6 Å². The summed E-state index contributed by atoms with van der Waals surface area (Å²) in [5.74, 6) is -2.97. The molecule has 2 unspecified atom stereocenters. The van der Waals surface area contributed by atoms with E-state index in [-0.39, 0.29) is 31.6 Å². The SMILES string of the molecule is C=CCCCOC(=O)[C@H]1[C@H]2C(=O)N([C@@H](CC)CO)C(C(=O)N(CC=C)c3c(C)cccc3Cl)C23CC[C@]1(C)O3. The van der Waals surface area contributed by atoms with E-state index in [0.29, 0.717) is 42.8 Å². The highest BCUT2D eigenvalue weighted by atomic mass is 35.5. The molecule has 0 aromatic heterocycles. The van der Waals surface area contributed by atoms with Crippen molar-refractivity contribution in [2.75, 3.05) is 24.7 Å². The van der Waals surface area contributed by atoms with Gasteiger partial charge in [0.2, 0.25) is 5.91 Å². The van der Waals surface area contributed by atoms with E-state index in [0.717, 1.165) is 5.56 Å². The number of hydrogen-bond acceptors (Lipinski definition) is 6. The average molecular weight is 559 g/mol. The zero-order chi connectivity index (χ0) is 28.5. The van der Waals surface area contributed by atoms with Crippen LogP contribution in [0.25, 0.3) is 0 Å². The maximum Gasteiger partial charge on any atom is 0.312 e. The fourth-order valence-corrected chi connectivity index (χ4v) is 7.15. The van der Waals surface area contributed by atoms with E-state index in [9.17, 15) is 19.5 Å². The van der Waals surface area contributed by atoms with Gasteiger partial charge >= 0.3 is 5.97 Å². The Morgan fingerprint density at radius 2 is 2.08 bits per heavy atom. The first-order valence-electron chi connectivity index (χ1n) is 13.7. The summed E-state index contributed by atoms with van der Waals surface area (Å²) in [5, 5.41) is 10.7. The first kappa shape index (κ1) is 29.3. The number of nitrogens with zero attached hydrogens (tertiary/aromatic N) is 2. The van der Waals surface area contributed by atoms with Crippen molar-refractivity contribution >= 4 is 35.1 Å². The number of hydrogen-bond donors (Lipinski definition) is 1. The molecule has 9 heteroatoms. The molecule has 212 valence electrons. The predicted octanol–water partition coefficient (Wildman–Crippen LogP) is 4.21. The number of benzene rings is 1. The smallest absolute Gasteiger partial charge is 0.312 e. The lowest BCUT2D eigenvalue weighted by Gasteiger charge is -2.39. The van der Waals surface area contributed by atoms with Gasteiger partial charge in [0.1, 0.15) is 17.6 Å². The molecule has 0 aliphatic carbocycles. The summed E-state index contributed by atoms with van der Waals surface area (Å²) in [6.45, 7) is 13.1. The number of fused-ring (bicyclic) bond motifs is 1. The number of para-hydroxylation sites is 1. The van der Waals surface area contributed by atoms with E-state index in [4.69, 9.17) is 21.1 Å². The molecule has 1 aromatic carbocycles. The fourth-order valence-electron chi connectivity index (χ4n) is 6.83. The number of aryl methyl sites for hydroxylation is 1. The van der Waals surface area contributed by atoms with Gasteiger partial charge in [0.05, 0.1) is 41.5 Å². The normalized spacial score (nSPS) is 29.7. The van der Waals surface area contributed by atoms with E-state index in [1.54, 1.807) is 18.2 Å². The number of amides is 2. The van der Waals surface area contributed by atoms with Gasteiger partial charge in [-0.15, -0.1) is 13.2 Å². The number of likely N-dealkylation sites (tertiary alicyclic amines) is 1. The molecule has 4 rings (SSSR count). The van der Waals surface area contributed by atoms with Crippen molar-refractivity contribution in [2.45, 2.75) is 76.2 Å². The number of carbonyl (C=O) groups excluding carboxylic acids is 3. The lowest BCUT2D eigenvalue weighted by molar-refractivity contribution is -0.160. The minimum atomic E-state index is -1.23. The van der Waals surface area contributed by atoms with Crippen LogP contribution in [-0.4, -0.2) is 70.8 Å². The number of aliphatic hydroxyl groups is 1. The van der Waals surface area contributed by atoms with E-state index < -0.39 is 41.1 Å². The van der Waals surface area contributed by atoms with E-state index in [1.165, 1.54) is 9.80 Å². The summed E-state index contributed by atoms with van der Waals surface area (Å²) in [4.78, 5) is 45.3. The number of halogens is 1. The molecular formula is C30H39ClN2O6. The maximum absolute atomic E-state index is 14.6. The summed E-state index contributed by atoms with van der Waals surface area (Å²) in [5.41, 5.74) is -0.845. The average Bonchev–Trinajstić information content (AvgIpc) is 3.47. The summed E-state index contributed by atoms with van der Waals surface area (Å²) < 4.78 is 12.3. The number of aliphatic hydroxyl groups excluding tert-OH is 1. The fraction of sp³-hybridized carbons (Fsp3) is 0.567. The van der Waals surface area contributed by atoms with E-state index in [2.05, 4.69) is 13.2 Å². The van der Waals surface area contributed by atoms with Gasteiger partial charge in [-0.1, -0.05) is 42.8 Å². The van der Waals surface area contributed by atoms with Crippen LogP contribution in [0.3, 0.4) is 0 Å². The second-order valence-corrected chi connectivity index (χ2v) is 11.4. The van der Waals surface area contributed by atoms with Crippen molar-refractivity contribution < 1.29 is 29.0 Å². The van der Waals surface area contributed by atoms with Crippen molar-refractivity contribution in [3.63, 3.8) is 0 Å². The highest BCUT2D eigenvalue weighted by molar-refractivity contribution is 6.34. The molecule has 1 N–H and O–H groups in total. The molecule has 3 aliphatic heterocycles. The molecule has 39 heavy (non-hydrogen) atoms. The van der Waals surface area contributed by atoms with Crippen LogP contribution in [-0.2, 0) is 23.9 Å². The Morgan fingerprint density at radius 1 is 1.33 bits per heavy atom. The monoisotopic (exact) mass is 558 g/mol. The summed E-state index contributed by atoms with van der Waals surface area (Å²) >= 11 is 6.59.